The van der Waals surface area contributed by atoms with Crippen LogP contribution in [0.15, 0.2) is 24.3 Å². The summed E-state index contributed by atoms with van der Waals surface area (Å²) in [5.41, 5.74) is 7.57. The molecule has 6 heteroatoms. The van der Waals surface area contributed by atoms with Crippen LogP contribution in [0.3, 0.4) is 0 Å². The number of aryl methyl sites for hydroxylation is 1. The Morgan fingerprint density at radius 2 is 1.89 bits per heavy atom. The lowest BCUT2D eigenvalue weighted by Crippen LogP contribution is -2.36. The number of rotatable bonds is 5. The lowest BCUT2D eigenvalue weighted by molar-refractivity contribution is -0.122. The highest BCUT2D eigenvalue weighted by Gasteiger charge is 2.15. The third-order valence-corrected chi connectivity index (χ3v) is 3.44. The molecule has 0 fully saturated rings. The van der Waals surface area contributed by atoms with Gasteiger partial charge in [-0.1, -0.05) is 29.8 Å². The number of hydrogen-bond donors (Lipinski definition) is 2. The molecule has 3 N–H and O–H groups in total. The van der Waals surface area contributed by atoms with Gasteiger partial charge in [0.05, 0.1) is 5.75 Å². The van der Waals surface area contributed by atoms with Crippen LogP contribution < -0.4 is 11.1 Å². The van der Waals surface area contributed by atoms with Crippen LogP contribution in [0.4, 0.5) is 0 Å². The van der Waals surface area contributed by atoms with E-state index < -0.39 is 15.9 Å². The normalized spacial score (nSPS) is 13.1. The number of nitrogens with two attached hydrogens (primary N) is 1. The third-order valence-electron chi connectivity index (χ3n) is 2.49. The minimum absolute atomic E-state index is 0.0806. The Morgan fingerprint density at radius 3 is 2.39 bits per heavy atom. The van der Waals surface area contributed by atoms with Gasteiger partial charge >= 0.3 is 0 Å². The molecular weight excluding hydrogens is 252 g/mol. The molecule has 0 aliphatic rings. The van der Waals surface area contributed by atoms with Crippen LogP contribution in [-0.2, 0) is 14.6 Å². The minimum Gasteiger partial charge on any atom is -0.353 e. The molecule has 0 bridgehead atoms. The minimum atomic E-state index is -3.07. The summed E-state index contributed by atoms with van der Waals surface area (Å²) in [6.45, 7) is 2.03. The fourth-order valence-electron chi connectivity index (χ4n) is 1.39. The summed E-state index contributed by atoms with van der Waals surface area (Å²) >= 11 is 0. The Morgan fingerprint density at radius 1 is 1.33 bits per heavy atom. The van der Waals surface area contributed by atoms with E-state index in [-0.39, 0.29) is 18.2 Å². The number of carbonyl (C=O) groups excluding carboxylic acids is 1. The highest BCUT2D eigenvalue weighted by molar-refractivity contribution is 7.90. The standard InChI is InChI=1S/C12H18N2O3S/c1-9-3-5-10(6-4-9)11(13)12(15)14-7-8-18(2,16)17/h3-6,11H,7-8,13H2,1-2H3,(H,14,15). The first-order valence-corrected chi connectivity index (χ1v) is 7.63. The molecule has 0 heterocycles. The van der Waals surface area contributed by atoms with Gasteiger partial charge in [0.1, 0.15) is 15.9 Å². The summed E-state index contributed by atoms with van der Waals surface area (Å²) < 4.78 is 21.8. The Kier molecular flexibility index (Phi) is 4.86. The second kappa shape index (κ2) is 5.97. The van der Waals surface area contributed by atoms with Crippen LogP contribution in [0.5, 0.6) is 0 Å². The fourth-order valence-corrected chi connectivity index (χ4v) is 1.87. The SMILES string of the molecule is Cc1ccc(C(N)C(=O)NCCS(C)(=O)=O)cc1. The summed E-state index contributed by atoms with van der Waals surface area (Å²) in [4.78, 5) is 11.7. The highest BCUT2D eigenvalue weighted by atomic mass is 32.2. The monoisotopic (exact) mass is 270 g/mol. The molecule has 1 rings (SSSR count). The Labute approximate surface area is 107 Å². The largest absolute Gasteiger partial charge is 0.353 e. The van der Waals surface area contributed by atoms with Crippen LogP contribution in [0.2, 0.25) is 0 Å². The summed E-state index contributed by atoms with van der Waals surface area (Å²) in [5, 5.41) is 2.51. The Hall–Kier alpha value is -1.40. The molecule has 0 spiro atoms. The summed E-state index contributed by atoms with van der Waals surface area (Å²) in [6.07, 6.45) is 1.12. The van der Waals surface area contributed by atoms with E-state index in [0.717, 1.165) is 11.8 Å². The van der Waals surface area contributed by atoms with E-state index in [1.54, 1.807) is 12.1 Å². The summed E-state index contributed by atoms with van der Waals surface area (Å²) in [7, 11) is -3.07. The average molecular weight is 270 g/mol. The van der Waals surface area contributed by atoms with Crippen molar-refractivity contribution >= 4 is 15.7 Å². The van der Waals surface area contributed by atoms with E-state index >= 15 is 0 Å². The molecule has 0 aromatic heterocycles. The van der Waals surface area contributed by atoms with Gasteiger partial charge in [0.2, 0.25) is 5.91 Å². The second-order valence-corrected chi connectivity index (χ2v) is 6.57. The van der Waals surface area contributed by atoms with Crippen molar-refractivity contribution in [3.8, 4) is 0 Å². The van der Waals surface area contributed by atoms with Crippen molar-refractivity contribution in [1.82, 2.24) is 5.32 Å². The Bertz CT molecular complexity index is 509. The van der Waals surface area contributed by atoms with E-state index in [0.29, 0.717) is 5.56 Å². The molecular formula is C12H18N2O3S. The zero-order chi connectivity index (χ0) is 13.8. The molecule has 0 saturated heterocycles. The lowest BCUT2D eigenvalue weighted by atomic mass is 10.1. The van der Waals surface area contributed by atoms with Gasteiger partial charge < -0.3 is 11.1 Å². The average Bonchev–Trinajstić information content (AvgIpc) is 2.27. The van der Waals surface area contributed by atoms with E-state index in [1.807, 2.05) is 19.1 Å². The number of hydrogen-bond acceptors (Lipinski definition) is 4. The van der Waals surface area contributed by atoms with Gasteiger partial charge in [-0.25, -0.2) is 8.42 Å². The molecule has 1 atom stereocenters. The maximum atomic E-state index is 11.7. The van der Waals surface area contributed by atoms with Crippen LogP contribution in [0.25, 0.3) is 0 Å². The first-order chi connectivity index (χ1) is 8.29. The van der Waals surface area contributed by atoms with E-state index in [4.69, 9.17) is 5.73 Å². The fraction of sp³-hybridized carbons (Fsp3) is 0.417. The van der Waals surface area contributed by atoms with Crippen molar-refractivity contribution in [2.24, 2.45) is 5.73 Å². The van der Waals surface area contributed by atoms with Crippen molar-refractivity contribution in [1.29, 1.82) is 0 Å². The summed E-state index contributed by atoms with van der Waals surface area (Å²) in [5.74, 6) is -0.457. The maximum absolute atomic E-state index is 11.7. The molecule has 1 aromatic rings. The summed E-state index contributed by atoms with van der Waals surface area (Å²) in [6, 6.07) is 6.55. The van der Waals surface area contributed by atoms with Crippen LogP contribution in [-0.4, -0.2) is 32.9 Å². The lowest BCUT2D eigenvalue weighted by Gasteiger charge is -2.12. The molecule has 0 aliphatic heterocycles. The molecule has 1 amide bonds. The topological polar surface area (TPSA) is 89.3 Å². The number of nitrogens with one attached hydrogen (secondary N) is 1. The molecule has 5 nitrogen and oxygen atoms in total. The van der Waals surface area contributed by atoms with E-state index in [1.165, 1.54) is 0 Å². The number of carbonyl (C=O) groups is 1. The number of benzene rings is 1. The van der Waals surface area contributed by atoms with Crippen molar-refractivity contribution in [2.45, 2.75) is 13.0 Å². The first kappa shape index (κ1) is 14.7. The molecule has 100 valence electrons. The zero-order valence-corrected chi connectivity index (χ0v) is 11.3. The second-order valence-electron chi connectivity index (χ2n) is 4.31. The highest BCUT2D eigenvalue weighted by Crippen LogP contribution is 2.11. The van der Waals surface area contributed by atoms with Gasteiger partial charge in [-0.2, -0.15) is 0 Å². The van der Waals surface area contributed by atoms with Crippen molar-refractivity contribution in [3.05, 3.63) is 35.4 Å². The van der Waals surface area contributed by atoms with Crippen LogP contribution in [0.1, 0.15) is 17.2 Å². The predicted molar refractivity (Wildman–Crippen MR) is 70.8 cm³/mol. The Balaban J connectivity index is 2.54. The smallest absolute Gasteiger partial charge is 0.241 e. The molecule has 1 unspecified atom stereocenters. The molecule has 1 aromatic carbocycles. The van der Waals surface area contributed by atoms with E-state index in [9.17, 15) is 13.2 Å². The van der Waals surface area contributed by atoms with Gasteiger partial charge in [-0.05, 0) is 12.5 Å². The molecule has 18 heavy (non-hydrogen) atoms. The number of amides is 1. The maximum Gasteiger partial charge on any atom is 0.241 e. The van der Waals surface area contributed by atoms with Crippen LogP contribution >= 0.6 is 0 Å². The predicted octanol–water partition coefficient (Wildman–Crippen LogP) is 0.156. The molecule has 0 aliphatic carbocycles. The van der Waals surface area contributed by atoms with E-state index in [2.05, 4.69) is 5.32 Å². The van der Waals surface area contributed by atoms with Gasteiger partial charge in [-0.3, -0.25) is 4.79 Å². The molecule has 0 radical (unpaired) electrons. The van der Waals surface area contributed by atoms with Crippen molar-refractivity contribution in [3.63, 3.8) is 0 Å². The molecule has 0 saturated carbocycles. The van der Waals surface area contributed by atoms with Crippen molar-refractivity contribution < 1.29 is 13.2 Å². The third kappa shape index (κ3) is 4.85. The van der Waals surface area contributed by atoms with Gasteiger partial charge in [0.15, 0.2) is 0 Å². The quantitative estimate of drug-likeness (QED) is 0.797. The van der Waals surface area contributed by atoms with Gasteiger partial charge in [0.25, 0.3) is 0 Å². The number of sulfone groups is 1. The zero-order valence-electron chi connectivity index (χ0n) is 10.5. The van der Waals surface area contributed by atoms with Gasteiger partial charge in [0, 0.05) is 12.8 Å². The van der Waals surface area contributed by atoms with Gasteiger partial charge in [-0.15, -0.1) is 0 Å². The first-order valence-electron chi connectivity index (χ1n) is 5.57. The van der Waals surface area contributed by atoms with Crippen molar-refractivity contribution in [2.75, 3.05) is 18.6 Å². The van der Waals surface area contributed by atoms with Crippen LogP contribution in [0, 0.1) is 6.92 Å².